The summed E-state index contributed by atoms with van der Waals surface area (Å²) >= 11 is 0. The second-order valence-electron chi connectivity index (χ2n) is 7.58. The largest absolute Gasteiger partial charge is 0.416 e. The summed E-state index contributed by atoms with van der Waals surface area (Å²) in [5.74, 6) is -0.425. The molecule has 0 unspecified atom stereocenters. The number of fused-ring (bicyclic) bond motifs is 1. The Balaban J connectivity index is 1.62. The molecular weight excluding hydrogens is 369 g/mol. The van der Waals surface area contributed by atoms with Crippen molar-refractivity contribution in [3.63, 3.8) is 0 Å². The Labute approximate surface area is 161 Å². The topological polar surface area (TPSA) is 52.6 Å². The third kappa shape index (κ3) is 3.52. The number of hydrogen-bond acceptors (Lipinski definition) is 3. The minimum Gasteiger partial charge on any atom is -0.389 e. The lowest BCUT2D eigenvalue weighted by molar-refractivity contribution is -0.138. The summed E-state index contributed by atoms with van der Waals surface area (Å²) in [5, 5.41) is 13.2. The van der Waals surface area contributed by atoms with Crippen molar-refractivity contribution in [1.29, 1.82) is 0 Å². The predicted octanol–water partition coefficient (Wildman–Crippen LogP) is 3.87. The molecule has 1 heterocycles. The van der Waals surface area contributed by atoms with E-state index in [0.29, 0.717) is 30.6 Å². The van der Waals surface area contributed by atoms with E-state index in [2.05, 4.69) is 5.32 Å². The fourth-order valence-corrected chi connectivity index (χ4v) is 3.84. The Morgan fingerprint density at radius 3 is 2.46 bits per heavy atom. The summed E-state index contributed by atoms with van der Waals surface area (Å²) in [6.07, 6.45) is -2.19. The molecule has 7 heteroatoms. The molecule has 0 aromatic heterocycles. The molecule has 0 radical (unpaired) electrons. The van der Waals surface area contributed by atoms with E-state index < -0.39 is 23.2 Å². The number of nitrogens with zero attached hydrogens (tertiary/aromatic N) is 1. The van der Waals surface area contributed by atoms with Crippen LogP contribution >= 0.6 is 0 Å². The average Bonchev–Trinajstić information content (AvgIpc) is 2.96. The fourth-order valence-electron chi connectivity index (χ4n) is 3.84. The average molecular weight is 390 g/mol. The third-order valence-corrected chi connectivity index (χ3v) is 5.54. The van der Waals surface area contributed by atoms with Crippen LogP contribution in [0.4, 0.5) is 18.9 Å². The highest BCUT2D eigenvalue weighted by atomic mass is 19.4. The van der Waals surface area contributed by atoms with Crippen molar-refractivity contribution in [2.75, 3.05) is 11.4 Å². The molecule has 0 atom stereocenters. The van der Waals surface area contributed by atoms with Gasteiger partial charge in [-0.15, -0.1) is 0 Å². The Morgan fingerprint density at radius 1 is 1.14 bits per heavy atom. The molecule has 1 fully saturated rings. The van der Waals surface area contributed by atoms with Crippen LogP contribution in [0.1, 0.15) is 46.3 Å². The number of benzene rings is 2. The van der Waals surface area contributed by atoms with Gasteiger partial charge in [-0.1, -0.05) is 18.2 Å². The highest BCUT2D eigenvalue weighted by molar-refractivity contribution is 6.10. The van der Waals surface area contributed by atoms with Gasteiger partial charge in [-0.3, -0.25) is 4.79 Å². The van der Waals surface area contributed by atoms with Gasteiger partial charge in [0.2, 0.25) is 0 Å². The second-order valence-corrected chi connectivity index (χ2v) is 7.58. The van der Waals surface area contributed by atoms with Crippen LogP contribution in [0.5, 0.6) is 0 Å². The number of halogens is 3. The molecule has 1 aliphatic carbocycles. The zero-order valence-corrected chi connectivity index (χ0v) is 15.2. The molecule has 28 heavy (non-hydrogen) atoms. The van der Waals surface area contributed by atoms with E-state index in [0.717, 1.165) is 12.5 Å². The maximum atomic E-state index is 13.7. The van der Waals surface area contributed by atoms with Gasteiger partial charge in [0.15, 0.2) is 0 Å². The van der Waals surface area contributed by atoms with Crippen molar-refractivity contribution in [3.05, 3.63) is 64.7 Å². The first-order chi connectivity index (χ1) is 13.3. The van der Waals surface area contributed by atoms with Gasteiger partial charge in [0.1, 0.15) is 0 Å². The maximum Gasteiger partial charge on any atom is 0.416 e. The van der Waals surface area contributed by atoms with Gasteiger partial charge >= 0.3 is 6.18 Å². The van der Waals surface area contributed by atoms with Crippen LogP contribution in [0, 0.1) is 0 Å². The Hall–Kier alpha value is -2.38. The highest BCUT2D eigenvalue weighted by Crippen LogP contribution is 2.39. The predicted molar refractivity (Wildman–Crippen MR) is 98.9 cm³/mol. The van der Waals surface area contributed by atoms with E-state index in [-0.39, 0.29) is 24.2 Å². The van der Waals surface area contributed by atoms with Crippen LogP contribution in [-0.2, 0) is 19.3 Å². The third-order valence-electron chi connectivity index (χ3n) is 5.54. The van der Waals surface area contributed by atoms with E-state index in [1.165, 1.54) is 11.0 Å². The van der Waals surface area contributed by atoms with Crippen LogP contribution in [-0.4, -0.2) is 23.2 Å². The summed E-state index contributed by atoms with van der Waals surface area (Å²) < 4.78 is 41.0. The highest BCUT2D eigenvalue weighted by Gasteiger charge is 2.40. The number of rotatable bonds is 5. The molecular formula is C21H21F3N2O2. The van der Waals surface area contributed by atoms with Crippen molar-refractivity contribution in [2.24, 2.45) is 0 Å². The van der Waals surface area contributed by atoms with Gasteiger partial charge in [0.05, 0.1) is 17.7 Å². The number of nitrogens with one attached hydrogen (secondary N) is 1. The molecule has 0 spiro atoms. The number of carbonyl (C=O) groups is 1. The molecule has 2 aromatic rings. The Bertz CT molecular complexity index is 893. The molecule has 1 amide bonds. The summed E-state index contributed by atoms with van der Waals surface area (Å²) in [4.78, 5) is 14.2. The molecule has 1 saturated carbocycles. The van der Waals surface area contributed by atoms with E-state index >= 15 is 0 Å². The van der Waals surface area contributed by atoms with E-state index in [4.69, 9.17) is 0 Å². The van der Waals surface area contributed by atoms with Gasteiger partial charge < -0.3 is 15.3 Å². The zero-order valence-electron chi connectivity index (χ0n) is 15.2. The van der Waals surface area contributed by atoms with Crippen molar-refractivity contribution in [1.82, 2.24) is 5.32 Å². The van der Waals surface area contributed by atoms with Crippen molar-refractivity contribution < 1.29 is 23.1 Å². The molecule has 4 nitrogen and oxygen atoms in total. The molecule has 2 N–H and O–H groups in total. The Kier molecular flexibility index (Phi) is 4.67. The van der Waals surface area contributed by atoms with E-state index in [9.17, 15) is 23.1 Å². The summed E-state index contributed by atoms with van der Waals surface area (Å²) in [6, 6.07) is 11.3. The lowest BCUT2D eigenvalue weighted by Gasteiger charge is -2.36. The SMILES string of the molecule is O=C1c2cc(CNCC3(O)CCC3)cc(C(F)(F)F)c2CN1c1ccccc1. The zero-order chi connectivity index (χ0) is 19.9. The number of hydrogen-bond donors (Lipinski definition) is 2. The lowest BCUT2D eigenvalue weighted by Crippen LogP contribution is -2.46. The molecule has 1 aliphatic heterocycles. The number of para-hydroxylation sites is 1. The molecule has 2 aromatic carbocycles. The van der Waals surface area contributed by atoms with Gasteiger partial charge in [-0.25, -0.2) is 0 Å². The molecule has 0 saturated heterocycles. The summed E-state index contributed by atoms with van der Waals surface area (Å²) in [5.41, 5.74) is -0.457. The molecule has 4 rings (SSSR count). The number of anilines is 1. The van der Waals surface area contributed by atoms with Gasteiger partial charge in [0.25, 0.3) is 5.91 Å². The van der Waals surface area contributed by atoms with Gasteiger partial charge in [-0.2, -0.15) is 13.2 Å². The van der Waals surface area contributed by atoms with Crippen molar-refractivity contribution in [2.45, 2.75) is 44.1 Å². The number of alkyl halides is 3. The first kappa shape index (κ1) is 19.0. The minimum absolute atomic E-state index is 0.0164. The molecule has 2 aliphatic rings. The quantitative estimate of drug-likeness (QED) is 0.815. The number of amides is 1. The van der Waals surface area contributed by atoms with Crippen LogP contribution in [0.2, 0.25) is 0 Å². The van der Waals surface area contributed by atoms with Crippen LogP contribution in [0.15, 0.2) is 42.5 Å². The van der Waals surface area contributed by atoms with Crippen molar-refractivity contribution in [3.8, 4) is 0 Å². The number of carbonyl (C=O) groups excluding carboxylic acids is 1. The lowest BCUT2D eigenvalue weighted by atomic mass is 9.80. The Morgan fingerprint density at radius 2 is 1.86 bits per heavy atom. The van der Waals surface area contributed by atoms with Gasteiger partial charge in [0, 0.05) is 24.3 Å². The summed E-state index contributed by atoms with van der Waals surface area (Å²) in [7, 11) is 0. The van der Waals surface area contributed by atoms with Crippen LogP contribution in [0.3, 0.4) is 0 Å². The minimum atomic E-state index is -4.54. The van der Waals surface area contributed by atoms with Crippen molar-refractivity contribution >= 4 is 11.6 Å². The van der Waals surface area contributed by atoms with E-state index in [1.807, 2.05) is 0 Å². The van der Waals surface area contributed by atoms with Gasteiger partial charge in [-0.05, 0) is 54.7 Å². The second kappa shape index (κ2) is 6.90. The first-order valence-electron chi connectivity index (χ1n) is 9.30. The molecule has 148 valence electrons. The monoisotopic (exact) mass is 390 g/mol. The first-order valence-corrected chi connectivity index (χ1v) is 9.30. The smallest absolute Gasteiger partial charge is 0.389 e. The standard InChI is InChI=1S/C21H21F3N2O2/c22-21(23,24)18-10-14(11-25-13-20(28)7-4-8-20)9-16-17(18)12-26(19(16)27)15-5-2-1-3-6-15/h1-3,5-6,9-10,25,28H,4,7-8,11-13H2. The van der Waals surface area contributed by atoms with Crippen LogP contribution < -0.4 is 10.2 Å². The normalized spacial score (nSPS) is 18.1. The summed E-state index contributed by atoms with van der Waals surface area (Å²) in [6.45, 7) is 0.396. The van der Waals surface area contributed by atoms with Crippen LogP contribution in [0.25, 0.3) is 0 Å². The van der Waals surface area contributed by atoms with E-state index in [1.54, 1.807) is 30.3 Å². The maximum absolute atomic E-state index is 13.7. The fraction of sp³-hybridized carbons (Fsp3) is 0.381. The number of aliphatic hydroxyl groups is 1. The molecule has 0 bridgehead atoms.